The Morgan fingerprint density at radius 1 is 1.07 bits per heavy atom. The molecule has 0 unspecified atom stereocenters. The van der Waals surface area contributed by atoms with Gasteiger partial charge in [0.25, 0.3) is 5.89 Å². The van der Waals surface area contributed by atoms with E-state index in [1.54, 1.807) is 18.4 Å². The maximum atomic E-state index is 12.5. The molecule has 0 fully saturated rings. The Bertz CT molecular complexity index is 1140. The molecule has 1 N–H and O–H groups in total. The molecule has 4 rings (SSSR count). The molecule has 1 amide bonds. The van der Waals surface area contributed by atoms with Gasteiger partial charge in [0.05, 0.1) is 11.8 Å². The Labute approximate surface area is 168 Å². The highest BCUT2D eigenvalue weighted by Crippen LogP contribution is 2.28. The van der Waals surface area contributed by atoms with Crippen LogP contribution in [0.5, 0.6) is 0 Å². The lowest BCUT2D eigenvalue weighted by Crippen LogP contribution is -2.28. The second kappa shape index (κ2) is 7.79. The summed E-state index contributed by atoms with van der Waals surface area (Å²) in [7, 11) is 0. The summed E-state index contributed by atoms with van der Waals surface area (Å²) >= 11 is 0. The first kappa shape index (κ1) is 18.7. The third-order valence-electron chi connectivity index (χ3n) is 5.00. The second-order valence-electron chi connectivity index (χ2n) is 6.96. The van der Waals surface area contributed by atoms with Crippen LogP contribution in [0.25, 0.3) is 23.1 Å². The fraction of sp³-hybridized carbons (Fsp3) is 0.227. The molecule has 148 valence electrons. The van der Waals surface area contributed by atoms with Gasteiger partial charge in [-0.1, -0.05) is 24.3 Å². The maximum absolute atomic E-state index is 12.5. The number of nitrogens with zero attached hydrogens (tertiary/aromatic N) is 3. The third kappa shape index (κ3) is 3.85. The predicted molar refractivity (Wildman–Crippen MR) is 108 cm³/mol. The summed E-state index contributed by atoms with van der Waals surface area (Å²) in [6, 6.07) is 13.5. The molecule has 3 heterocycles. The van der Waals surface area contributed by atoms with Crippen LogP contribution in [0.2, 0.25) is 0 Å². The zero-order valence-electron chi connectivity index (χ0n) is 16.6. The summed E-state index contributed by atoms with van der Waals surface area (Å²) in [5.41, 5.74) is 4.91. The van der Waals surface area contributed by atoms with Crippen molar-refractivity contribution in [2.75, 3.05) is 0 Å². The maximum Gasteiger partial charge on any atom is 0.283 e. The van der Waals surface area contributed by atoms with Crippen LogP contribution in [0.1, 0.15) is 22.5 Å². The number of amides is 1. The molecule has 0 radical (unpaired) electrons. The average molecular weight is 390 g/mol. The monoisotopic (exact) mass is 390 g/mol. The van der Waals surface area contributed by atoms with Gasteiger partial charge >= 0.3 is 0 Å². The first-order valence-electron chi connectivity index (χ1n) is 9.38. The average Bonchev–Trinajstić information content (AvgIpc) is 3.44. The number of hydrogen-bond acceptors (Lipinski definition) is 5. The molecule has 7 nitrogen and oxygen atoms in total. The Kier molecular flexibility index (Phi) is 5.03. The van der Waals surface area contributed by atoms with Crippen LogP contribution in [-0.2, 0) is 17.9 Å². The zero-order chi connectivity index (χ0) is 20.4. The first-order valence-corrected chi connectivity index (χ1v) is 9.38. The van der Waals surface area contributed by atoms with Crippen LogP contribution in [-0.4, -0.2) is 20.7 Å². The summed E-state index contributed by atoms with van der Waals surface area (Å²) in [6.45, 7) is 6.66. The van der Waals surface area contributed by atoms with Crippen molar-refractivity contribution in [3.8, 4) is 23.1 Å². The summed E-state index contributed by atoms with van der Waals surface area (Å²) in [6.07, 6.45) is 1.56. The molecule has 0 saturated heterocycles. The number of carbonyl (C=O) groups is 1. The molecule has 0 aliphatic heterocycles. The van der Waals surface area contributed by atoms with Gasteiger partial charge in [0.1, 0.15) is 6.54 Å². The smallest absolute Gasteiger partial charge is 0.283 e. The molecule has 1 aromatic carbocycles. The van der Waals surface area contributed by atoms with E-state index in [0.717, 1.165) is 28.1 Å². The van der Waals surface area contributed by atoms with Gasteiger partial charge in [-0.25, -0.2) is 0 Å². The van der Waals surface area contributed by atoms with E-state index in [-0.39, 0.29) is 12.5 Å². The molecular formula is C22H22N4O3. The van der Waals surface area contributed by atoms with E-state index >= 15 is 0 Å². The van der Waals surface area contributed by atoms with E-state index in [2.05, 4.69) is 15.5 Å². The molecule has 0 aliphatic carbocycles. The fourth-order valence-electron chi connectivity index (χ4n) is 3.29. The Morgan fingerprint density at radius 2 is 1.86 bits per heavy atom. The van der Waals surface area contributed by atoms with Crippen molar-refractivity contribution >= 4 is 5.91 Å². The number of aromatic nitrogens is 3. The lowest BCUT2D eigenvalue weighted by molar-refractivity contribution is -0.121. The highest BCUT2D eigenvalue weighted by molar-refractivity contribution is 5.76. The largest absolute Gasteiger partial charge is 0.459 e. The lowest BCUT2D eigenvalue weighted by Gasteiger charge is -2.11. The van der Waals surface area contributed by atoms with Gasteiger partial charge in [0.15, 0.2) is 5.76 Å². The van der Waals surface area contributed by atoms with Gasteiger partial charge in [-0.05, 0) is 50.1 Å². The van der Waals surface area contributed by atoms with Crippen molar-refractivity contribution in [1.82, 2.24) is 20.1 Å². The van der Waals surface area contributed by atoms with Crippen LogP contribution in [0, 0.1) is 20.8 Å². The van der Waals surface area contributed by atoms with Crippen LogP contribution in [0.3, 0.4) is 0 Å². The van der Waals surface area contributed by atoms with E-state index in [1.165, 1.54) is 0 Å². The van der Waals surface area contributed by atoms with Crippen LogP contribution in [0.4, 0.5) is 0 Å². The zero-order valence-corrected chi connectivity index (χ0v) is 16.6. The van der Waals surface area contributed by atoms with Crippen LogP contribution in [0.15, 0.2) is 57.6 Å². The molecule has 0 bridgehead atoms. The highest BCUT2D eigenvalue weighted by atomic mass is 16.4. The number of furan rings is 1. The van der Waals surface area contributed by atoms with Crippen molar-refractivity contribution < 1.29 is 13.6 Å². The molecule has 3 aromatic heterocycles. The van der Waals surface area contributed by atoms with Crippen LogP contribution < -0.4 is 5.32 Å². The number of rotatable bonds is 6. The van der Waals surface area contributed by atoms with Gasteiger partial charge in [-0.15, -0.1) is 10.2 Å². The highest BCUT2D eigenvalue weighted by Gasteiger charge is 2.19. The van der Waals surface area contributed by atoms with Gasteiger partial charge in [-0.3, -0.25) is 4.79 Å². The summed E-state index contributed by atoms with van der Waals surface area (Å²) < 4.78 is 13.0. The van der Waals surface area contributed by atoms with Crippen molar-refractivity contribution in [3.05, 3.63) is 71.2 Å². The standard InChI is InChI=1S/C22H22N4O3/c1-14-7-4-5-8-17(14)12-23-20(27)13-26-15(2)11-18(16(26)3)21-24-25-22(29-21)19-9-6-10-28-19/h4-11H,12-13H2,1-3H3,(H,23,27). The quantitative estimate of drug-likeness (QED) is 0.537. The van der Waals surface area contributed by atoms with Crippen molar-refractivity contribution in [2.45, 2.75) is 33.9 Å². The van der Waals surface area contributed by atoms with Crippen LogP contribution >= 0.6 is 0 Å². The van der Waals surface area contributed by atoms with E-state index in [4.69, 9.17) is 8.83 Å². The minimum absolute atomic E-state index is 0.0524. The number of carbonyl (C=O) groups excluding carboxylic acids is 1. The summed E-state index contributed by atoms with van der Waals surface area (Å²) in [4.78, 5) is 12.5. The molecule has 7 heteroatoms. The third-order valence-corrected chi connectivity index (χ3v) is 5.00. The summed E-state index contributed by atoms with van der Waals surface area (Å²) in [5.74, 6) is 1.19. The number of benzene rings is 1. The number of hydrogen-bond donors (Lipinski definition) is 1. The van der Waals surface area contributed by atoms with E-state index < -0.39 is 0 Å². The van der Waals surface area contributed by atoms with Gasteiger partial charge < -0.3 is 18.7 Å². The molecule has 0 aliphatic rings. The number of aryl methyl sites for hydroxylation is 2. The Hall–Kier alpha value is -3.61. The second-order valence-corrected chi connectivity index (χ2v) is 6.96. The fourth-order valence-corrected chi connectivity index (χ4v) is 3.29. The van der Waals surface area contributed by atoms with E-state index in [1.807, 2.05) is 55.7 Å². The Morgan fingerprint density at radius 3 is 2.62 bits per heavy atom. The van der Waals surface area contributed by atoms with Gasteiger partial charge in [-0.2, -0.15) is 0 Å². The van der Waals surface area contributed by atoms with Gasteiger partial charge in [0.2, 0.25) is 11.8 Å². The first-order chi connectivity index (χ1) is 14.0. The predicted octanol–water partition coefficient (Wildman–Crippen LogP) is 4.04. The Balaban J connectivity index is 1.49. The molecular weight excluding hydrogens is 368 g/mol. The van der Waals surface area contributed by atoms with E-state index in [9.17, 15) is 4.79 Å². The molecule has 0 saturated carbocycles. The minimum Gasteiger partial charge on any atom is -0.459 e. The van der Waals surface area contributed by atoms with Gasteiger partial charge in [0, 0.05) is 17.9 Å². The lowest BCUT2D eigenvalue weighted by atomic mass is 10.1. The normalized spacial score (nSPS) is 11.0. The topological polar surface area (TPSA) is 86.1 Å². The SMILES string of the molecule is Cc1ccccc1CNC(=O)Cn1c(C)cc(-c2nnc(-c3ccco3)o2)c1C. The molecule has 0 atom stereocenters. The molecule has 0 spiro atoms. The number of nitrogens with one attached hydrogen (secondary N) is 1. The van der Waals surface area contributed by atoms with Crippen molar-refractivity contribution in [2.24, 2.45) is 0 Å². The summed E-state index contributed by atoms with van der Waals surface area (Å²) in [5, 5.41) is 11.2. The van der Waals surface area contributed by atoms with Crippen molar-refractivity contribution in [3.63, 3.8) is 0 Å². The van der Waals surface area contributed by atoms with Crippen molar-refractivity contribution in [1.29, 1.82) is 0 Å². The minimum atomic E-state index is -0.0524. The van der Waals surface area contributed by atoms with E-state index in [0.29, 0.717) is 24.1 Å². The molecule has 4 aromatic rings. The molecule has 29 heavy (non-hydrogen) atoms.